The van der Waals surface area contributed by atoms with Crippen LogP contribution in [0.1, 0.15) is 0 Å². The van der Waals surface area contributed by atoms with Gasteiger partial charge < -0.3 is 19.6 Å². The molecule has 12 aromatic carbocycles. The fourth-order valence-electron chi connectivity index (χ4n) is 11.5. The van der Waals surface area contributed by atoms with Gasteiger partial charge in [0.15, 0.2) is 0 Å². The van der Waals surface area contributed by atoms with Crippen LogP contribution < -0.4 is 19.6 Å². The number of rotatable bonds is 9. The Labute approximate surface area is 444 Å². The van der Waals surface area contributed by atoms with E-state index in [-0.39, 0.29) is 0 Å². The maximum atomic E-state index is 2.43. The van der Waals surface area contributed by atoms with Crippen molar-refractivity contribution in [3.05, 3.63) is 303 Å². The highest BCUT2D eigenvalue weighted by Gasteiger charge is 2.29. The Hall–Kier alpha value is -10.2. The van der Waals surface area contributed by atoms with Crippen molar-refractivity contribution >= 4 is 68.2 Å². The molecule has 12 aromatic rings. The minimum absolute atomic E-state index is 1.10. The molecule has 14 rings (SSSR count). The van der Waals surface area contributed by atoms with Gasteiger partial charge in [-0.25, -0.2) is 0 Å². The number of hydrogen-bond donors (Lipinski definition) is 0. The summed E-state index contributed by atoms with van der Waals surface area (Å²) in [4.78, 5) is 9.55. The maximum absolute atomic E-state index is 2.43. The standard InChI is InChI=1S/C72H50N4/c1-5-21-53(22-6-1)73(54-23-7-2-8-24-54)59-45-47-61-63-29-13-17-33-69(63)75(71-35-19-15-31-65(71)67(61)49-59)57-41-37-51(38-42-57)52-39-43-58(44-40-52)76-70-34-18-14-30-64(70)62-48-46-60(50-68(62)66-32-16-20-36-72(66)76)74(55-25-9-3-10-26-55)56-27-11-4-12-28-56/h1-50H. The normalized spacial score (nSPS) is 11.9. The average molecular weight is 971 g/mol. The van der Waals surface area contributed by atoms with Crippen LogP contribution in [0.3, 0.4) is 0 Å². The molecule has 4 nitrogen and oxygen atoms in total. The molecule has 0 fully saturated rings. The van der Waals surface area contributed by atoms with Crippen molar-refractivity contribution in [2.75, 3.05) is 19.6 Å². The van der Waals surface area contributed by atoms with E-state index in [1.807, 2.05) is 0 Å². The summed E-state index contributed by atoms with van der Waals surface area (Å²) in [5.41, 5.74) is 25.2. The van der Waals surface area contributed by atoms with Crippen LogP contribution >= 0.6 is 0 Å². The fraction of sp³-hybridized carbons (Fsp3) is 0. The molecule has 0 amide bonds. The predicted molar refractivity (Wildman–Crippen MR) is 319 cm³/mol. The van der Waals surface area contributed by atoms with E-state index in [1.54, 1.807) is 0 Å². The van der Waals surface area contributed by atoms with Crippen LogP contribution in [0.2, 0.25) is 0 Å². The highest BCUT2D eigenvalue weighted by atomic mass is 15.2. The number of anilines is 12. The lowest BCUT2D eigenvalue weighted by molar-refractivity contribution is 1.28. The zero-order chi connectivity index (χ0) is 50.4. The molecule has 0 saturated heterocycles. The quantitative estimate of drug-likeness (QED) is 0.143. The molecule has 0 saturated carbocycles. The van der Waals surface area contributed by atoms with Gasteiger partial charge in [-0.2, -0.15) is 0 Å². The smallest absolute Gasteiger partial charge is 0.0540 e. The molecular formula is C72H50N4. The molecule has 0 bridgehead atoms. The molecule has 76 heavy (non-hydrogen) atoms. The van der Waals surface area contributed by atoms with Crippen molar-refractivity contribution in [3.63, 3.8) is 0 Å². The topological polar surface area (TPSA) is 13.0 Å². The van der Waals surface area contributed by atoms with Crippen LogP contribution in [0.15, 0.2) is 303 Å². The highest BCUT2D eigenvalue weighted by molar-refractivity contribution is 6.05. The van der Waals surface area contributed by atoms with Crippen LogP contribution in [-0.2, 0) is 0 Å². The van der Waals surface area contributed by atoms with E-state index in [2.05, 4.69) is 323 Å². The highest BCUT2D eigenvalue weighted by Crippen LogP contribution is 2.54. The van der Waals surface area contributed by atoms with Gasteiger partial charge in [0.2, 0.25) is 0 Å². The van der Waals surface area contributed by atoms with Gasteiger partial charge in [0.05, 0.1) is 22.7 Å². The molecule has 2 aliphatic rings. The van der Waals surface area contributed by atoms with E-state index in [0.29, 0.717) is 0 Å². The summed E-state index contributed by atoms with van der Waals surface area (Å²) in [6, 6.07) is 110. The van der Waals surface area contributed by atoms with E-state index >= 15 is 0 Å². The summed E-state index contributed by atoms with van der Waals surface area (Å²) in [5, 5.41) is 0. The molecule has 2 heterocycles. The molecule has 0 spiro atoms. The lowest BCUT2D eigenvalue weighted by Gasteiger charge is -2.28. The van der Waals surface area contributed by atoms with Crippen molar-refractivity contribution < 1.29 is 0 Å². The first-order valence-corrected chi connectivity index (χ1v) is 26.0. The molecule has 0 radical (unpaired) electrons. The molecule has 0 N–H and O–H groups in total. The van der Waals surface area contributed by atoms with Gasteiger partial charge in [0.1, 0.15) is 0 Å². The number of hydrogen-bond acceptors (Lipinski definition) is 4. The third-order valence-corrected chi connectivity index (χ3v) is 14.9. The molecule has 0 unspecified atom stereocenters. The van der Waals surface area contributed by atoms with Gasteiger partial charge in [-0.1, -0.05) is 182 Å². The van der Waals surface area contributed by atoms with Gasteiger partial charge in [-0.3, -0.25) is 0 Å². The van der Waals surface area contributed by atoms with E-state index in [9.17, 15) is 0 Å². The second-order valence-electron chi connectivity index (χ2n) is 19.3. The van der Waals surface area contributed by atoms with Gasteiger partial charge in [0.25, 0.3) is 0 Å². The Morgan fingerprint density at radius 2 is 0.447 bits per heavy atom. The third kappa shape index (κ3) is 7.79. The minimum atomic E-state index is 1.10. The van der Waals surface area contributed by atoms with Crippen LogP contribution in [0.4, 0.5) is 68.2 Å². The monoisotopic (exact) mass is 970 g/mol. The lowest BCUT2D eigenvalue weighted by Crippen LogP contribution is -2.11. The Balaban J connectivity index is 0.814. The number of nitrogens with zero attached hydrogens (tertiary/aromatic N) is 4. The summed E-state index contributed by atoms with van der Waals surface area (Å²) < 4.78 is 0. The molecule has 0 atom stereocenters. The van der Waals surface area contributed by atoms with Gasteiger partial charge in [-0.05, 0) is 155 Å². The lowest BCUT2D eigenvalue weighted by atomic mass is 9.93. The van der Waals surface area contributed by atoms with Crippen LogP contribution in [-0.4, -0.2) is 0 Å². The predicted octanol–water partition coefficient (Wildman–Crippen LogP) is 20.5. The zero-order valence-corrected chi connectivity index (χ0v) is 41.7. The summed E-state index contributed by atoms with van der Waals surface area (Å²) in [5.74, 6) is 0. The van der Waals surface area contributed by atoms with Gasteiger partial charge >= 0.3 is 0 Å². The van der Waals surface area contributed by atoms with Crippen molar-refractivity contribution in [2.45, 2.75) is 0 Å². The minimum Gasteiger partial charge on any atom is -0.310 e. The van der Waals surface area contributed by atoms with E-state index in [4.69, 9.17) is 0 Å². The van der Waals surface area contributed by atoms with Crippen molar-refractivity contribution in [2.24, 2.45) is 0 Å². The number of para-hydroxylation sites is 8. The Kier molecular flexibility index (Phi) is 11.2. The first-order chi connectivity index (χ1) is 37.7. The maximum Gasteiger partial charge on any atom is 0.0540 e. The number of benzene rings is 12. The number of fused-ring (bicyclic) bond motifs is 10. The summed E-state index contributed by atoms with van der Waals surface area (Å²) in [7, 11) is 0. The van der Waals surface area contributed by atoms with Crippen LogP contribution in [0.25, 0.3) is 55.6 Å². The Morgan fingerprint density at radius 1 is 0.184 bits per heavy atom. The van der Waals surface area contributed by atoms with Gasteiger partial charge in [-0.15, -0.1) is 0 Å². The Morgan fingerprint density at radius 3 is 0.750 bits per heavy atom. The molecule has 0 aromatic heterocycles. The summed E-state index contributed by atoms with van der Waals surface area (Å²) >= 11 is 0. The Bertz CT molecular complexity index is 3700. The zero-order valence-electron chi connectivity index (χ0n) is 41.7. The third-order valence-electron chi connectivity index (χ3n) is 14.9. The second-order valence-corrected chi connectivity index (χ2v) is 19.3. The summed E-state index contributed by atoms with van der Waals surface area (Å²) in [6.45, 7) is 0. The van der Waals surface area contributed by atoms with E-state index in [1.165, 1.54) is 44.5 Å². The van der Waals surface area contributed by atoms with Crippen LogP contribution in [0.5, 0.6) is 0 Å². The first kappa shape index (κ1) is 44.5. The van der Waals surface area contributed by atoms with Gasteiger partial charge in [0, 0.05) is 67.8 Å². The molecular weight excluding hydrogens is 921 g/mol. The average Bonchev–Trinajstić information content (AvgIpc) is 3.77. The molecule has 0 aliphatic carbocycles. The molecule has 4 heteroatoms. The largest absolute Gasteiger partial charge is 0.310 e. The fourth-order valence-corrected chi connectivity index (χ4v) is 11.5. The van der Waals surface area contributed by atoms with Crippen molar-refractivity contribution in [1.82, 2.24) is 0 Å². The molecule has 358 valence electrons. The van der Waals surface area contributed by atoms with Crippen LogP contribution in [0, 0.1) is 0 Å². The van der Waals surface area contributed by atoms with E-state index in [0.717, 1.165) is 79.4 Å². The summed E-state index contributed by atoms with van der Waals surface area (Å²) in [6.07, 6.45) is 0. The van der Waals surface area contributed by atoms with Crippen molar-refractivity contribution in [1.29, 1.82) is 0 Å². The molecule has 2 aliphatic heterocycles. The SMILES string of the molecule is c1ccc(N(c2ccccc2)c2ccc3c(c2)-c2ccccc2N(c2ccc(-c4ccc(N5c6ccccc6-c6ccc(N(c7ccccc7)c7ccccc7)cc6-c6ccccc65)cc4)cc2)c2ccccc2-3)cc1. The second kappa shape index (κ2) is 19.0. The first-order valence-electron chi connectivity index (χ1n) is 26.0. The van der Waals surface area contributed by atoms with E-state index < -0.39 is 0 Å². The van der Waals surface area contributed by atoms with Crippen molar-refractivity contribution in [3.8, 4) is 55.6 Å².